The van der Waals surface area contributed by atoms with Crippen molar-refractivity contribution < 1.29 is 10.2 Å². The van der Waals surface area contributed by atoms with Crippen LogP contribution in [0.1, 0.15) is 25.2 Å². The van der Waals surface area contributed by atoms with Gasteiger partial charge in [0.05, 0.1) is 24.7 Å². The third kappa shape index (κ3) is 1.60. The molecule has 1 aliphatic carbocycles. The van der Waals surface area contributed by atoms with Crippen LogP contribution >= 0.6 is 0 Å². The highest BCUT2D eigenvalue weighted by atomic mass is 16.3. The van der Waals surface area contributed by atoms with Crippen LogP contribution in [0.2, 0.25) is 0 Å². The first kappa shape index (κ1) is 11.6. The van der Waals surface area contributed by atoms with Crippen molar-refractivity contribution in [2.45, 2.75) is 38.5 Å². The molecular weight excluding hydrogens is 232 g/mol. The van der Waals surface area contributed by atoms with E-state index in [1.165, 1.54) is 0 Å². The van der Waals surface area contributed by atoms with E-state index in [9.17, 15) is 10.2 Å². The fraction of sp³-hybridized carbons (Fsp3) is 0.583. The van der Waals surface area contributed by atoms with Gasteiger partial charge in [0.15, 0.2) is 5.65 Å². The Morgan fingerprint density at radius 3 is 2.72 bits per heavy atom. The van der Waals surface area contributed by atoms with Gasteiger partial charge in [-0.15, -0.1) is 0 Å². The number of rotatable bonds is 1. The summed E-state index contributed by atoms with van der Waals surface area (Å²) in [6.45, 7) is 3.76. The Kier molecular flexibility index (Phi) is 2.57. The zero-order valence-electron chi connectivity index (χ0n) is 10.4. The molecule has 2 aromatic rings. The summed E-state index contributed by atoms with van der Waals surface area (Å²) in [6, 6.07) is -0.172. The molecule has 0 unspecified atom stereocenters. The van der Waals surface area contributed by atoms with Crippen molar-refractivity contribution in [2.24, 2.45) is 5.92 Å². The number of imidazole rings is 1. The van der Waals surface area contributed by atoms with Crippen LogP contribution in [-0.4, -0.2) is 41.9 Å². The van der Waals surface area contributed by atoms with E-state index in [0.29, 0.717) is 17.0 Å². The van der Waals surface area contributed by atoms with Gasteiger partial charge in [0.2, 0.25) is 0 Å². The Bertz CT molecular complexity index is 582. The normalized spacial score (nSPS) is 32.2. The number of hydrogen-bond acceptors (Lipinski definition) is 5. The van der Waals surface area contributed by atoms with Gasteiger partial charge >= 0.3 is 0 Å². The van der Waals surface area contributed by atoms with Gasteiger partial charge in [0, 0.05) is 0 Å². The third-order valence-corrected chi connectivity index (χ3v) is 3.73. The maximum absolute atomic E-state index is 10.1. The molecular formula is C12H16N4O2. The molecule has 0 spiro atoms. The van der Waals surface area contributed by atoms with Crippen LogP contribution in [0.3, 0.4) is 0 Å². The predicted molar refractivity (Wildman–Crippen MR) is 64.9 cm³/mol. The fourth-order valence-electron chi connectivity index (χ4n) is 2.66. The molecule has 2 heterocycles. The Hall–Kier alpha value is -1.53. The molecule has 0 aromatic carbocycles. The van der Waals surface area contributed by atoms with Gasteiger partial charge in [0.1, 0.15) is 17.4 Å². The summed E-state index contributed by atoms with van der Waals surface area (Å²) < 4.78 is 1.85. The van der Waals surface area contributed by atoms with Crippen molar-refractivity contribution in [3.05, 3.63) is 18.3 Å². The minimum atomic E-state index is -0.771. The highest BCUT2D eigenvalue weighted by molar-refractivity contribution is 5.69. The van der Waals surface area contributed by atoms with Gasteiger partial charge in [0.25, 0.3) is 0 Å². The van der Waals surface area contributed by atoms with Crippen LogP contribution in [0.5, 0.6) is 0 Å². The summed E-state index contributed by atoms with van der Waals surface area (Å²) in [4.78, 5) is 12.7. The molecule has 96 valence electrons. The van der Waals surface area contributed by atoms with Gasteiger partial charge in [-0.3, -0.25) is 0 Å². The molecule has 6 heteroatoms. The van der Waals surface area contributed by atoms with Crippen LogP contribution in [0.15, 0.2) is 12.5 Å². The Morgan fingerprint density at radius 2 is 2.06 bits per heavy atom. The van der Waals surface area contributed by atoms with Crippen LogP contribution in [0.25, 0.3) is 11.2 Å². The minimum Gasteiger partial charge on any atom is -0.390 e. The average Bonchev–Trinajstić information content (AvgIpc) is 2.86. The molecule has 0 aliphatic heterocycles. The Balaban J connectivity index is 2.07. The van der Waals surface area contributed by atoms with E-state index >= 15 is 0 Å². The maximum Gasteiger partial charge on any atom is 0.163 e. The van der Waals surface area contributed by atoms with Crippen LogP contribution in [0.4, 0.5) is 0 Å². The third-order valence-electron chi connectivity index (χ3n) is 3.73. The lowest BCUT2D eigenvalue weighted by atomic mass is 10.1. The summed E-state index contributed by atoms with van der Waals surface area (Å²) >= 11 is 0. The number of nitrogens with zero attached hydrogens (tertiary/aromatic N) is 4. The lowest BCUT2D eigenvalue weighted by Crippen LogP contribution is -2.28. The summed E-state index contributed by atoms with van der Waals surface area (Å²) in [5, 5.41) is 19.9. The van der Waals surface area contributed by atoms with Gasteiger partial charge in [-0.2, -0.15) is 0 Å². The first-order valence-electron chi connectivity index (χ1n) is 6.10. The summed E-state index contributed by atoms with van der Waals surface area (Å²) in [6.07, 6.45) is 2.60. The first-order chi connectivity index (χ1) is 8.58. The lowest BCUT2D eigenvalue weighted by Gasteiger charge is -2.18. The quantitative estimate of drug-likeness (QED) is 0.765. The molecule has 1 saturated carbocycles. The van der Waals surface area contributed by atoms with Crippen molar-refractivity contribution in [2.75, 3.05) is 0 Å². The second kappa shape index (κ2) is 4.00. The largest absolute Gasteiger partial charge is 0.390 e. The number of fused-ring (bicyclic) bond motifs is 1. The molecule has 2 aromatic heterocycles. The molecule has 4 atom stereocenters. The summed E-state index contributed by atoms with van der Waals surface area (Å²) in [5.41, 5.74) is 1.43. The highest BCUT2D eigenvalue weighted by Crippen LogP contribution is 2.36. The number of aryl methyl sites for hydroxylation is 1. The van der Waals surface area contributed by atoms with Crippen molar-refractivity contribution in [3.8, 4) is 0 Å². The number of aromatic nitrogens is 4. The van der Waals surface area contributed by atoms with Crippen LogP contribution < -0.4 is 0 Å². The first-order valence-corrected chi connectivity index (χ1v) is 6.10. The summed E-state index contributed by atoms with van der Waals surface area (Å²) in [7, 11) is 0. The summed E-state index contributed by atoms with van der Waals surface area (Å²) in [5.74, 6) is 0.746. The smallest absolute Gasteiger partial charge is 0.163 e. The predicted octanol–water partition coefficient (Wildman–Crippen LogP) is 0.437. The second-order valence-electron chi connectivity index (χ2n) is 5.04. The van der Waals surface area contributed by atoms with Gasteiger partial charge in [-0.1, -0.05) is 6.92 Å². The molecule has 1 fully saturated rings. The second-order valence-corrected chi connectivity index (χ2v) is 5.04. The zero-order chi connectivity index (χ0) is 12.9. The maximum atomic E-state index is 10.1. The average molecular weight is 248 g/mol. The van der Waals surface area contributed by atoms with Gasteiger partial charge in [-0.05, 0) is 19.3 Å². The van der Waals surface area contributed by atoms with Crippen molar-refractivity contribution in [1.82, 2.24) is 19.5 Å². The zero-order valence-corrected chi connectivity index (χ0v) is 10.4. The number of aliphatic hydroxyl groups is 2. The van der Waals surface area contributed by atoms with E-state index in [4.69, 9.17) is 0 Å². The van der Waals surface area contributed by atoms with E-state index in [0.717, 1.165) is 6.42 Å². The van der Waals surface area contributed by atoms with Crippen LogP contribution in [0, 0.1) is 12.8 Å². The van der Waals surface area contributed by atoms with E-state index < -0.39 is 12.2 Å². The van der Waals surface area contributed by atoms with Crippen LogP contribution in [-0.2, 0) is 0 Å². The van der Waals surface area contributed by atoms with Crippen molar-refractivity contribution >= 4 is 11.2 Å². The fourth-order valence-corrected chi connectivity index (χ4v) is 2.66. The minimum absolute atomic E-state index is 0.0744. The SMILES string of the molecule is Cc1ncc2ncn([C@@H]3C[C@H](C)[C@@H](O)[C@H]3O)c2n1. The monoisotopic (exact) mass is 248 g/mol. The van der Waals surface area contributed by atoms with E-state index in [1.807, 2.05) is 18.4 Å². The van der Waals surface area contributed by atoms with E-state index in [2.05, 4.69) is 15.0 Å². The van der Waals surface area contributed by atoms with Crippen molar-refractivity contribution in [1.29, 1.82) is 0 Å². The topological polar surface area (TPSA) is 84.1 Å². The van der Waals surface area contributed by atoms with Crippen molar-refractivity contribution in [3.63, 3.8) is 0 Å². The standard InChI is InChI=1S/C12H16N4O2/c1-6-3-9(11(18)10(6)17)16-5-14-8-4-13-7(2)15-12(8)16/h4-6,9-11,17-18H,3H2,1-2H3/t6-,9+,10+,11-/m0/s1. The molecule has 0 amide bonds. The molecule has 2 N–H and O–H groups in total. The molecule has 18 heavy (non-hydrogen) atoms. The van der Waals surface area contributed by atoms with Gasteiger partial charge in [-0.25, -0.2) is 15.0 Å². The Morgan fingerprint density at radius 1 is 1.28 bits per heavy atom. The number of hydrogen-bond donors (Lipinski definition) is 2. The van der Waals surface area contributed by atoms with E-state index in [-0.39, 0.29) is 12.0 Å². The van der Waals surface area contributed by atoms with E-state index in [1.54, 1.807) is 12.5 Å². The van der Waals surface area contributed by atoms with Gasteiger partial charge < -0.3 is 14.8 Å². The molecule has 0 saturated heterocycles. The number of aliphatic hydroxyl groups excluding tert-OH is 2. The molecule has 6 nitrogen and oxygen atoms in total. The molecule has 3 rings (SSSR count). The lowest BCUT2D eigenvalue weighted by molar-refractivity contribution is 0.00964. The molecule has 0 bridgehead atoms. The highest BCUT2D eigenvalue weighted by Gasteiger charge is 2.40. The Labute approximate surface area is 104 Å². The molecule has 0 radical (unpaired) electrons. The molecule has 1 aliphatic rings.